The summed E-state index contributed by atoms with van der Waals surface area (Å²) in [4.78, 5) is 12.0. The molecule has 0 radical (unpaired) electrons. The molecule has 0 aromatic carbocycles. The summed E-state index contributed by atoms with van der Waals surface area (Å²) in [5.74, 6) is -4.36. The smallest absolute Gasteiger partial charge is 0.341 e. The number of carbonyl (C=O) groups is 1. The van der Waals surface area contributed by atoms with Crippen LogP contribution in [0.1, 0.15) is 5.01 Å². The van der Waals surface area contributed by atoms with Crippen LogP contribution in [0.5, 0.6) is 0 Å². The molecule has 1 heterocycles. The SMILES string of the molecule is CNC(=O)N(C)c1nnc(C(F)(F)C(F)F)s1. The third kappa shape index (κ3) is 2.62. The zero-order valence-corrected chi connectivity index (χ0v) is 9.56. The summed E-state index contributed by atoms with van der Waals surface area (Å²) in [7, 11) is 2.58. The molecule has 0 bridgehead atoms. The molecule has 0 aliphatic rings. The minimum atomic E-state index is -4.36. The predicted octanol–water partition coefficient (Wildman–Crippen LogP) is 1.67. The average molecular weight is 272 g/mol. The van der Waals surface area contributed by atoms with Crippen LogP contribution in [0.15, 0.2) is 0 Å². The summed E-state index contributed by atoms with van der Waals surface area (Å²) >= 11 is 0.233. The van der Waals surface area contributed by atoms with E-state index >= 15 is 0 Å². The monoisotopic (exact) mass is 272 g/mol. The van der Waals surface area contributed by atoms with Crippen molar-refractivity contribution >= 4 is 22.5 Å². The van der Waals surface area contributed by atoms with Crippen LogP contribution in [-0.2, 0) is 5.92 Å². The number of hydrogen-bond acceptors (Lipinski definition) is 4. The zero-order chi connectivity index (χ0) is 13.2. The van der Waals surface area contributed by atoms with Crippen molar-refractivity contribution in [2.45, 2.75) is 12.3 Å². The highest BCUT2D eigenvalue weighted by Crippen LogP contribution is 2.37. The lowest BCUT2D eigenvalue weighted by atomic mass is 10.4. The summed E-state index contributed by atoms with van der Waals surface area (Å²) < 4.78 is 49.8. The summed E-state index contributed by atoms with van der Waals surface area (Å²) in [5, 5.41) is 7.12. The molecule has 0 aliphatic carbocycles. The molecule has 5 nitrogen and oxygen atoms in total. The number of rotatable bonds is 3. The van der Waals surface area contributed by atoms with Crippen molar-refractivity contribution in [2.75, 3.05) is 19.0 Å². The number of aromatic nitrogens is 2. The molecule has 17 heavy (non-hydrogen) atoms. The summed E-state index contributed by atoms with van der Waals surface area (Å²) in [6.45, 7) is 0. The Kier molecular flexibility index (Phi) is 3.86. The van der Waals surface area contributed by atoms with E-state index in [9.17, 15) is 22.4 Å². The van der Waals surface area contributed by atoms with E-state index in [4.69, 9.17) is 0 Å². The van der Waals surface area contributed by atoms with Gasteiger partial charge in [0.15, 0.2) is 5.01 Å². The van der Waals surface area contributed by atoms with E-state index in [0.717, 1.165) is 4.90 Å². The molecule has 0 unspecified atom stereocenters. The largest absolute Gasteiger partial charge is 0.360 e. The first kappa shape index (κ1) is 13.6. The van der Waals surface area contributed by atoms with Crippen LogP contribution in [0, 0.1) is 0 Å². The molecular formula is C7H8F4N4OS. The van der Waals surface area contributed by atoms with E-state index in [1.54, 1.807) is 0 Å². The topological polar surface area (TPSA) is 58.1 Å². The number of anilines is 1. The number of carbonyl (C=O) groups excluding carboxylic acids is 1. The van der Waals surface area contributed by atoms with E-state index in [1.807, 2.05) is 0 Å². The van der Waals surface area contributed by atoms with Gasteiger partial charge in [-0.2, -0.15) is 8.78 Å². The molecule has 0 saturated carbocycles. The Morgan fingerprint density at radius 1 is 1.47 bits per heavy atom. The first-order valence-electron chi connectivity index (χ1n) is 4.26. The van der Waals surface area contributed by atoms with Gasteiger partial charge in [-0.05, 0) is 0 Å². The molecule has 0 saturated heterocycles. The number of hydrogen-bond donors (Lipinski definition) is 1. The van der Waals surface area contributed by atoms with E-state index in [0.29, 0.717) is 0 Å². The van der Waals surface area contributed by atoms with E-state index in [-0.39, 0.29) is 16.5 Å². The first-order chi connectivity index (χ1) is 7.80. The number of halogens is 4. The first-order valence-corrected chi connectivity index (χ1v) is 5.07. The minimum absolute atomic E-state index is 0.195. The maximum absolute atomic E-state index is 12.9. The fraction of sp³-hybridized carbons (Fsp3) is 0.571. The molecule has 0 aliphatic heterocycles. The van der Waals surface area contributed by atoms with Crippen LogP contribution in [0.3, 0.4) is 0 Å². The lowest BCUT2D eigenvalue weighted by molar-refractivity contribution is -0.135. The molecule has 10 heteroatoms. The van der Waals surface area contributed by atoms with Crippen molar-refractivity contribution in [2.24, 2.45) is 0 Å². The predicted molar refractivity (Wildman–Crippen MR) is 52.7 cm³/mol. The van der Waals surface area contributed by atoms with Gasteiger partial charge in [-0.3, -0.25) is 4.90 Å². The number of nitrogens with one attached hydrogen (secondary N) is 1. The van der Waals surface area contributed by atoms with E-state index in [1.165, 1.54) is 14.1 Å². The Bertz CT molecular complexity index is 410. The highest BCUT2D eigenvalue weighted by Gasteiger charge is 2.46. The van der Waals surface area contributed by atoms with Crippen LogP contribution in [-0.4, -0.2) is 36.7 Å². The molecule has 0 atom stereocenters. The maximum atomic E-state index is 12.9. The van der Waals surface area contributed by atoms with Crippen molar-refractivity contribution in [3.63, 3.8) is 0 Å². The van der Waals surface area contributed by atoms with Gasteiger partial charge in [0.25, 0.3) is 0 Å². The summed E-state index contributed by atoms with van der Waals surface area (Å²) in [6.07, 6.45) is -3.87. The van der Waals surface area contributed by atoms with Gasteiger partial charge in [0, 0.05) is 14.1 Å². The van der Waals surface area contributed by atoms with Gasteiger partial charge in [0.1, 0.15) is 0 Å². The highest BCUT2D eigenvalue weighted by molar-refractivity contribution is 7.15. The van der Waals surface area contributed by atoms with Crippen molar-refractivity contribution in [3.8, 4) is 0 Å². The van der Waals surface area contributed by atoms with Crippen LogP contribution in [0.4, 0.5) is 27.5 Å². The molecule has 0 fully saturated rings. The second-order valence-electron chi connectivity index (χ2n) is 2.93. The van der Waals surface area contributed by atoms with Crippen molar-refractivity contribution < 1.29 is 22.4 Å². The normalized spacial score (nSPS) is 11.7. The molecule has 96 valence electrons. The highest BCUT2D eigenvalue weighted by atomic mass is 32.1. The van der Waals surface area contributed by atoms with Gasteiger partial charge in [0.05, 0.1) is 0 Å². The van der Waals surface area contributed by atoms with Crippen LogP contribution >= 0.6 is 11.3 Å². The Morgan fingerprint density at radius 2 is 2.06 bits per heavy atom. The molecule has 1 rings (SSSR count). The maximum Gasteiger partial charge on any atom is 0.360 e. The van der Waals surface area contributed by atoms with Gasteiger partial charge in [-0.15, -0.1) is 10.2 Å². The van der Waals surface area contributed by atoms with Crippen molar-refractivity contribution in [1.29, 1.82) is 0 Å². The number of nitrogens with zero attached hydrogens (tertiary/aromatic N) is 3. The molecule has 1 aromatic heterocycles. The molecule has 0 spiro atoms. The lowest BCUT2D eigenvalue weighted by Gasteiger charge is -2.12. The van der Waals surface area contributed by atoms with Gasteiger partial charge in [-0.25, -0.2) is 13.6 Å². The zero-order valence-electron chi connectivity index (χ0n) is 8.75. The van der Waals surface area contributed by atoms with Gasteiger partial charge in [0.2, 0.25) is 5.13 Å². The van der Waals surface area contributed by atoms with Crippen LogP contribution in [0.2, 0.25) is 0 Å². The Labute approximate surface area is 97.4 Å². The van der Waals surface area contributed by atoms with Gasteiger partial charge in [-0.1, -0.05) is 11.3 Å². The second kappa shape index (κ2) is 4.82. The third-order valence-electron chi connectivity index (χ3n) is 1.78. The summed E-state index contributed by atoms with van der Waals surface area (Å²) in [6, 6.07) is -0.618. The van der Waals surface area contributed by atoms with Crippen molar-refractivity contribution in [1.82, 2.24) is 15.5 Å². The lowest BCUT2D eigenvalue weighted by Crippen LogP contribution is -2.34. The standard InChI is InChI=1S/C7H8F4N4OS/c1-12-5(16)15(2)6-14-13-4(17-6)7(10,11)3(8)9/h3H,1-2H3,(H,12,16). The Hall–Kier alpha value is -1.45. The fourth-order valence-electron chi connectivity index (χ4n) is 0.834. The number of urea groups is 1. The fourth-order valence-corrected chi connectivity index (χ4v) is 1.61. The number of alkyl halides is 4. The molecule has 1 N–H and O–H groups in total. The number of amides is 2. The van der Waals surface area contributed by atoms with Gasteiger partial charge < -0.3 is 5.32 Å². The minimum Gasteiger partial charge on any atom is -0.341 e. The molecule has 1 aromatic rings. The van der Waals surface area contributed by atoms with Crippen molar-refractivity contribution in [3.05, 3.63) is 5.01 Å². The third-order valence-corrected chi connectivity index (χ3v) is 2.86. The Morgan fingerprint density at radius 3 is 2.53 bits per heavy atom. The van der Waals surface area contributed by atoms with Crippen LogP contribution < -0.4 is 10.2 Å². The van der Waals surface area contributed by atoms with Crippen LogP contribution in [0.25, 0.3) is 0 Å². The van der Waals surface area contributed by atoms with Gasteiger partial charge >= 0.3 is 18.4 Å². The van der Waals surface area contributed by atoms with E-state index < -0.39 is 23.4 Å². The average Bonchev–Trinajstić information content (AvgIpc) is 2.76. The Balaban J connectivity index is 2.96. The molecule has 2 amide bonds. The van der Waals surface area contributed by atoms with E-state index in [2.05, 4.69) is 15.5 Å². The quantitative estimate of drug-likeness (QED) is 0.851. The summed E-state index contributed by atoms with van der Waals surface area (Å²) in [5.41, 5.74) is 0. The molecular weight excluding hydrogens is 264 g/mol. The second-order valence-corrected chi connectivity index (χ2v) is 3.88.